The van der Waals surface area contributed by atoms with Gasteiger partial charge < -0.3 is 19.0 Å². The Hall–Kier alpha value is -1.98. The Morgan fingerprint density at radius 2 is 1.93 bits per heavy atom. The Balaban J connectivity index is 2.31. The summed E-state index contributed by atoms with van der Waals surface area (Å²) >= 11 is 0. The first-order chi connectivity index (χ1) is 12.6. The standard InChI is InChI=1S/C16H22F3NO7S/c1-14(2,3)26-13(22)20-10-6-8-15(7-4-5-12(21)25-15)9-11(10)27-28(23,24)16(17,18)19/h9-10H,4-8H2,1-3H3,(H,20,22)/t10-,15+/m1/s1. The molecule has 2 atom stereocenters. The fourth-order valence-corrected chi connectivity index (χ4v) is 3.46. The number of amides is 1. The van der Waals surface area contributed by atoms with Crippen molar-refractivity contribution >= 4 is 22.2 Å². The van der Waals surface area contributed by atoms with Crippen LogP contribution in [0.3, 0.4) is 0 Å². The van der Waals surface area contributed by atoms with Crippen LogP contribution in [0.5, 0.6) is 0 Å². The second-order valence-corrected chi connectivity index (χ2v) is 9.20. The zero-order valence-corrected chi connectivity index (χ0v) is 16.4. The third kappa shape index (κ3) is 5.52. The van der Waals surface area contributed by atoms with Crippen molar-refractivity contribution in [2.24, 2.45) is 0 Å². The van der Waals surface area contributed by atoms with Crippen LogP contribution in [0, 0.1) is 0 Å². The second kappa shape index (κ2) is 7.45. The van der Waals surface area contributed by atoms with Crippen LogP contribution >= 0.6 is 0 Å². The second-order valence-electron chi connectivity index (χ2n) is 7.66. The third-order valence-corrected chi connectivity index (χ3v) is 5.06. The molecule has 0 bridgehead atoms. The number of esters is 1. The highest BCUT2D eigenvalue weighted by Crippen LogP contribution is 2.39. The topological polar surface area (TPSA) is 108 Å². The van der Waals surface area contributed by atoms with Gasteiger partial charge in [0.25, 0.3) is 0 Å². The van der Waals surface area contributed by atoms with Gasteiger partial charge >= 0.3 is 27.7 Å². The maximum absolute atomic E-state index is 12.8. The van der Waals surface area contributed by atoms with E-state index >= 15 is 0 Å². The van der Waals surface area contributed by atoms with Gasteiger partial charge in [-0.15, -0.1) is 0 Å². The third-order valence-electron chi connectivity index (χ3n) is 4.08. The predicted molar refractivity (Wildman–Crippen MR) is 89.2 cm³/mol. The number of carbonyl (C=O) groups excluding carboxylic acids is 2. The first-order valence-corrected chi connectivity index (χ1v) is 9.98. The molecule has 0 radical (unpaired) electrons. The molecule has 28 heavy (non-hydrogen) atoms. The monoisotopic (exact) mass is 429 g/mol. The summed E-state index contributed by atoms with van der Waals surface area (Å²) in [4.78, 5) is 23.6. The molecule has 1 amide bonds. The van der Waals surface area contributed by atoms with E-state index in [1.54, 1.807) is 20.8 Å². The smallest absolute Gasteiger partial charge is 0.455 e. The van der Waals surface area contributed by atoms with Gasteiger partial charge in [-0.25, -0.2) is 4.79 Å². The lowest BCUT2D eigenvalue weighted by Crippen LogP contribution is -2.48. The molecule has 160 valence electrons. The maximum Gasteiger partial charge on any atom is 0.534 e. The molecular formula is C16H22F3NO7S. The van der Waals surface area contributed by atoms with E-state index in [0.717, 1.165) is 6.08 Å². The summed E-state index contributed by atoms with van der Waals surface area (Å²) in [6, 6.07) is -1.20. The number of rotatable bonds is 3. The summed E-state index contributed by atoms with van der Waals surface area (Å²) < 4.78 is 75.8. The molecule has 1 heterocycles. The van der Waals surface area contributed by atoms with Gasteiger partial charge in [-0.3, -0.25) is 4.79 Å². The highest BCUT2D eigenvalue weighted by atomic mass is 32.2. The average molecular weight is 429 g/mol. The molecule has 2 aliphatic rings. The quantitative estimate of drug-likeness (QED) is 0.417. The summed E-state index contributed by atoms with van der Waals surface area (Å²) in [5.41, 5.74) is -7.79. The molecule has 8 nitrogen and oxygen atoms in total. The van der Waals surface area contributed by atoms with Crippen molar-refractivity contribution in [3.8, 4) is 0 Å². The Morgan fingerprint density at radius 1 is 1.29 bits per heavy atom. The molecule has 1 fully saturated rings. The number of carbonyl (C=O) groups is 2. The molecule has 0 aromatic rings. The zero-order chi connectivity index (χ0) is 21.4. The van der Waals surface area contributed by atoms with Crippen molar-refractivity contribution in [3.05, 3.63) is 11.8 Å². The molecule has 1 N–H and O–H groups in total. The summed E-state index contributed by atoms with van der Waals surface area (Å²) in [5.74, 6) is -1.21. The molecule has 1 aliphatic carbocycles. The van der Waals surface area contributed by atoms with E-state index in [1.807, 2.05) is 0 Å². The highest BCUT2D eigenvalue weighted by Gasteiger charge is 2.51. The van der Waals surface area contributed by atoms with Crippen LogP contribution in [0.4, 0.5) is 18.0 Å². The fraction of sp³-hybridized carbons (Fsp3) is 0.750. The molecule has 0 saturated carbocycles. The Labute approximate surface area is 160 Å². The minimum absolute atomic E-state index is 0.00820. The number of ether oxygens (including phenoxy) is 2. The van der Waals surface area contributed by atoms with E-state index in [0.29, 0.717) is 12.8 Å². The highest BCUT2D eigenvalue weighted by molar-refractivity contribution is 7.87. The van der Waals surface area contributed by atoms with Crippen molar-refractivity contribution < 1.29 is 44.8 Å². The first kappa shape index (κ1) is 22.3. The van der Waals surface area contributed by atoms with Crippen molar-refractivity contribution in [1.29, 1.82) is 0 Å². The van der Waals surface area contributed by atoms with E-state index in [9.17, 15) is 31.2 Å². The molecule has 0 unspecified atom stereocenters. The van der Waals surface area contributed by atoms with Gasteiger partial charge in [-0.2, -0.15) is 21.6 Å². The predicted octanol–water partition coefficient (Wildman–Crippen LogP) is 2.89. The van der Waals surface area contributed by atoms with Crippen LogP contribution in [0.2, 0.25) is 0 Å². The molecule has 1 aliphatic heterocycles. The average Bonchev–Trinajstić information content (AvgIpc) is 2.47. The summed E-state index contributed by atoms with van der Waals surface area (Å²) in [7, 11) is -5.97. The molecule has 0 aromatic heterocycles. The van der Waals surface area contributed by atoms with Gasteiger partial charge in [0, 0.05) is 12.5 Å². The molecule has 2 rings (SSSR count). The Bertz CT molecular complexity index is 770. The van der Waals surface area contributed by atoms with Crippen LogP contribution in [0.25, 0.3) is 0 Å². The van der Waals surface area contributed by atoms with Crippen LogP contribution in [-0.2, 0) is 28.6 Å². The number of alkyl carbamates (subject to hydrolysis) is 1. The van der Waals surface area contributed by atoms with Gasteiger partial charge in [-0.1, -0.05) is 0 Å². The number of nitrogens with one attached hydrogen (secondary N) is 1. The fourth-order valence-electron chi connectivity index (χ4n) is 2.95. The van der Waals surface area contributed by atoms with E-state index in [-0.39, 0.29) is 19.3 Å². The molecule has 1 saturated heterocycles. The summed E-state index contributed by atoms with van der Waals surface area (Å²) in [6.07, 6.45) is 1.15. The van der Waals surface area contributed by atoms with Crippen LogP contribution in [0.15, 0.2) is 11.8 Å². The van der Waals surface area contributed by atoms with Gasteiger partial charge in [0.15, 0.2) is 0 Å². The lowest BCUT2D eigenvalue weighted by molar-refractivity contribution is -0.163. The van der Waals surface area contributed by atoms with Crippen molar-refractivity contribution in [3.63, 3.8) is 0 Å². The number of hydrogen-bond donors (Lipinski definition) is 1. The summed E-state index contributed by atoms with van der Waals surface area (Å²) in [6.45, 7) is 4.77. The molecule has 0 aromatic carbocycles. The SMILES string of the molecule is CC(C)(C)OC(=O)N[C@@H]1CC[C@]2(C=C1OS(=O)(=O)C(F)(F)F)CCCC(=O)O2. The Kier molecular flexibility index (Phi) is 5.94. The lowest BCUT2D eigenvalue weighted by Gasteiger charge is -2.39. The molecule has 1 spiro atoms. The first-order valence-electron chi connectivity index (χ1n) is 8.57. The van der Waals surface area contributed by atoms with E-state index in [1.165, 1.54) is 0 Å². The minimum atomic E-state index is -5.97. The van der Waals surface area contributed by atoms with Crippen molar-refractivity contribution in [2.75, 3.05) is 0 Å². The molecule has 12 heteroatoms. The largest absolute Gasteiger partial charge is 0.534 e. The minimum Gasteiger partial charge on any atom is -0.455 e. The van der Waals surface area contributed by atoms with Crippen LogP contribution < -0.4 is 5.32 Å². The maximum atomic E-state index is 12.8. The summed E-state index contributed by atoms with van der Waals surface area (Å²) in [5, 5.41) is 2.31. The van der Waals surface area contributed by atoms with Crippen LogP contribution in [0.1, 0.15) is 52.9 Å². The van der Waals surface area contributed by atoms with Gasteiger partial charge in [0.1, 0.15) is 17.0 Å². The van der Waals surface area contributed by atoms with E-state index in [4.69, 9.17) is 9.47 Å². The number of halogens is 3. The Morgan fingerprint density at radius 3 is 2.46 bits per heavy atom. The van der Waals surface area contributed by atoms with E-state index in [2.05, 4.69) is 9.50 Å². The van der Waals surface area contributed by atoms with Gasteiger partial charge in [-0.05, 0) is 46.5 Å². The zero-order valence-electron chi connectivity index (χ0n) is 15.6. The normalized spacial score (nSPS) is 26.3. The molecular weight excluding hydrogens is 407 g/mol. The van der Waals surface area contributed by atoms with Gasteiger partial charge in [0.2, 0.25) is 0 Å². The lowest BCUT2D eigenvalue weighted by atomic mass is 9.82. The number of alkyl halides is 3. The van der Waals surface area contributed by atoms with Gasteiger partial charge in [0.05, 0.1) is 6.04 Å². The van der Waals surface area contributed by atoms with Crippen molar-refractivity contribution in [2.45, 2.75) is 75.6 Å². The number of hydrogen-bond acceptors (Lipinski definition) is 7. The van der Waals surface area contributed by atoms with Crippen molar-refractivity contribution in [1.82, 2.24) is 5.32 Å². The van der Waals surface area contributed by atoms with Crippen LogP contribution in [-0.4, -0.2) is 43.2 Å². The van der Waals surface area contributed by atoms with E-state index < -0.39 is 50.7 Å².